The van der Waals surface area contributed by atoms with E-state index in [9.17, 15) is 4.79 Å². The van der Waals surface area contributed by atoms with Gasteiger partial charge in [-0.2, -0.15) is 0 Å². The number of para-hydroxylation sites is 1. The number of nitrogens with one attached hydrogen (secondary N) is 1. The summed E-state index contributed by atoms with van der Waals surface area (Å²) < 4.78 is 8.64. The maximum absolute atomic E-state index is 12.6. The van der Waals surface area contributed by atoms with Gasteiger partial charge in [-0.1, -0.05) is 28.1 Å². The number of aromatic nitrogens is 2. The van der Waals surface area contributed by atoms with Crippen LogP contribution in [0, 0.1) is 6.92 Å². The van der Waals surface area contributed by atoms with Gasteiger partial charge in [0.25, 0.3) is 5.91 Å². The van der Waals surface area contributed by atoms with Crippen molar-refractivity contribution in [2.75, 3.05) is 31.4 Å². The Morgan fingerprint density at radius 1 is 1.11 bits per heavy atom. The maximum Gasteiger partial charge on any atom is 0.253 e. The van der Waals surface area contributed by atoms with Gasteiger partial charge in [-0.15, -0.1) is 0 Å². The number of hydrogen-bond donors (Lipinski definition) is 1. The molecular weight excluding hydrogens is 518 g/mol. The summed E-state index contributed by atoms with van der Waals surface area (Å²) >= 11 is 3.54. The van der Waals surface area contributed by atoms with E-state index < -0.39 is 0 Å². The summed E-state index contributed by atoms with van der Waals surface area (Å²) in [6.07, 6.45) is 0. The minimum atomic E-state index is -0.0235. The van der Waals surface area contributed by atoms with Crippen LogP contribution in [-0.2, 0) is 7.05 Å². The molecule has 0 aliphatic heterocycles. The first kappa shape index (κ1) is 25.6. The molecule has 4 rings (SSSR count). The lowest BCUT2D eigenvalue weighted by Crippen LogP contribution is -2.27. The van der Waals surface area contributed by atoms with Crippen molar-refractivity contribution in [3.8, 4) is 5.75 Å². The molecule has 0 aliphatic carbocycles. The van der Waals surface area contributed by atoms with Gasteiger partial charge in [-0.3, -0.25) is 4.79 Å². The van der Waals surface area contributed by atoms with Gasteiger partial charge in [-0.05, 0) is 68.8 Å². The van der Waals surface area contributed by atoms with E-state index in [0.29, 0.717) is 11.5 Å². The van der Waals surface area contributed by atoms with Crippen molar-refractivity contribution in [2.24, 2.45) is 7.05 Å². The highest BCUT2D eigenvalue weighted by atomic mass is 79.9. The fourth-order valence-corrected chi connectivity index (χ4v) is 5.01. The summed E-state index contributed by atoms with van der Waals surface area (Å²) in [7, 11) is 7.20. The van der Waals surface area contributed by atoms with Crippen LogP contribution < -0.4 is 15.0 Å². The van der Waals surface area contributed by atoms with Crippen molar-refractivity contribution in [1.82, 2.24) is 14.5 Å². The number of carbonyl (C=O) groups is 1. The average molecular weight is 551 g/mol. The molecule has 3 aromatic carbocycles. The molecule has 4 aromatic rings. The molecule has 1 amide bonds. The predicted octanol–water partition coefficient (Wildman–Crippen LogP) is 6.64. The van der Waals surface area contributed by atoms with Crippen LogP contribution in [0.5, 0.6) is 5.75 Å². The highest BCUT2D eigenvalue weighted by molar-refractivity contribution is 9.10. The third-order valence-electron chi connectivity index (χ3n) is 6.15. The van der Waals surface area contributed by atoms with Crippen molar-refractivity contribution >= 4 is 55.9 Å². The Balaban J connectivity index is 1.83. The number of benzene rings is 3. The van der Waals surface area contributed by atoms with Gasteiger partial charge in [0.05, 0.1) is 29.5 Å². The Labute approximate surface area is 220 Å². The number of aryl methyl sites for hydroxylation is 2. The van der Waals surface area contributed by atoms with Gasteiger partial charge >= 0.3 is 0 Å². The molecule has 0 saturated heterocycles. The van der Waals surface area contributed by atoms with Crippen LogP contribution in [0.25, 0.3) is 11.0 Å². The Hall–Kier alpha value is -3.52. The first-order valence-electron chi connectivity index (χ1n) is 11.8. The van der Waals surface area contributed by atoms with Gasteiger partial charge < -0.3 is 24.4 Å². The molecule has 7 nitrogen and oxygen atoms in total. The summed E-state index contributed by atoms with van der Waals surface area (Å²) in [6.45, 7) is 6.32. The number of methoxy groups -OCH3 is 1. The molecule has 8 heteroatoms. The molecule has 188 valence electrons. The van der Waals surface area contributed by atoms with Crippen LogP contribution in [0.15, 0.2) is 59.1 Å². The van der Waals surface area contributed by atoms with E-state index in [2.05, 4.69) is 50.6 Å². The van der Waals surface area contributed by atoms with Crippen molar-refractivity contribution in [1.29, 1.82) is 0 Å². The molecule has 0 radical (unpaired) electrons. The Morgan fingerprint density at radius 2 is 1.83 bits per heavy atom. The number of imidazole rings is 1. The number of hydrogen-bond acceptors (Lipinski definition) is 5. The molecule has 0 spiro atoms. The number of ether oxygens (including phenoxy) is 1. The van der Waals surface area contributed by atoms with Crippen LogP contribution >= 0.6 is 15.9 Å². The van der Waals surface area contributed by atoms with E-state index in [1.54, 1.807) is 26.1 Å². The van der Waals surface area contributed by atoms with Crippen LogP contribution in [0.2, 0.25) is 0 Å². The molecule has 0 atom stereocenters. The lowest BCUT2D eigenvalue weighted by Gasteiger charge is -2.30. The molecule has 1 aromatic heterocycles. The van der Waals surface area contributed by atoms with Crippen LogP contribution in [0.3, 0.4) is 0 Å². The molecule has 36 heavy (non-hydrogen) atoms. The van der Waals surface area contributed by atoms with E-state index in [1.165, 1.54) is 0 Å². The fraction of sp³-hybridized carbons (Fsp3) is 0.286. The Morgan fingerprint density at radius 3 is 2.50 bits per heavy atom. The summed E-state index contributed by atoms with van der Waals surface area (Å²) in [4.78, 5) is 21.4. The smallest absolute Gasteiger partial charge is 0.253 e. The molecular formula is C28H32BrN5O2. The first-order chi connectivity index (χ1) is 17.1. The zero-order chi connectivity index (χ0) is 26.1. The molecule has 0 bridgehead atoms. The second-order valence-corrected chi connectivity index (χ2v) is 10.2. The van der Waals surface area contributed by atoms with Crippen LogP contribution in [0.1, 0.15) is 29.8 Å². The second-order valence-electron chi connectivity index (χ2n) is 9.28. The number of nitrogens with zero attached hydrogens (tertiary/aromatic N) is 4. The number of halogens is 1. The molecule has 1 heterocycles. The maximum atomic E-state index is 12.6. The highest BCUT2D eigenvalue weighted by Crippen LogP contribution is 2.38. The van der Waals surface area contributed by atoms with Gasteiger partial charge in [-0.25, -0.2) is 4.98 Å². The number of anilines is 4. The minimum Gasteiger partial charge on any atom is -0.495 e. The summed E-state index contributed by atoms with van der Waals surface area (Å²) in [5.74, 6) is 1.42. The lowest BCUT2D eigenvalue weighted by atomic mass is 10.1. The van der Waals surface area contributed by atoms with E-state index >= 15 is 0 Å². The summed E-state index contributed by atoms with van der Waals surface area (Å²) in [6, 6.07) is 18.0. The van der Waals surface area contributed by atoms with E-state index in [-0.39, 0.29) is 11.9 Å². The van der Waals surface area contributed by atoms with Gasteiger partial charge in [0.15, 0.2) is 0 Å². The number of carbonyl (C=O) groups excluding carboxylic acids is 1. The Kier molecular flexibility index (Phi) is 7.26. The zero-order valence-corrected chi connectivity index (χ0v) is 23.3. The average Bonchev–Trinajstić information content (AvgIpc) is 3.16. The standard InChI is InChI=1S/C28H32BrN5O2/c1-17(2)34(21-11-8-10-19(15-21)27(35)32(4)5)23-13-9-12-22-26(23)33(6)28(30-22)31-25-18(3)14-20(29)16-24(25)36-7/h8-17H,1-7H3,(H,30,31). The number of fused-ring (bicyclic) bond motifs is 1. The first-order valence-corrected chi connectivity index (χ1v) is 12.6. The third-order valence-corrected chi connectivity index (χ3v) is 6.60. The Bertz CT molecular complexity index is 1430. The zero-order valence-electron chi connectivity index (χ0n) is 21.8. The molecule has 1 N–H and O–H groups in total. The van der Waals surface area contributed by atoms with E-state index in [0.717, 1.165) is 43.9 Å². The summed E-state index contributed by atoms with van der Waals surface area (Å²) in [5, 5.41) is 3.49. The quantitative estimate of drug-likeness (QED) is 0.279. The largest absolute Gasteiger partial charge is 0.495 e. The van der Waals surface area contributed by atoms with Crippen molar-refractivity contribution in [2.45, 2.75) is 26.8 Å². The van der Waals surface area contributed by atoms with Crippen molar-refractivity contribution in [3.05, 3.63) is 70.2 Å². The number of rotatable bonds is 7. The lowest BCUT2D eigenvalue weighted by molar-refractivity contribution is 0.0827. The SMILES string of the molecule is COc1cc(Br)cc(C)c1Nc1nc2cccc(N(c3cccc(C(=O)N(C)C)c3)C(C)C)c2n1C. The van der Waals surface area contributed by atoms with Gasteiger partial charge in [0, 0.05) is 42.9 Å². The van der Waals surface area contributed by atoms with Crippen LogP contribution in [0.4, 0.5) is 23.0 Å². The van der Waals surface area contributed by atoms with Gasteiger partial charge in [0.1, 0.15) is 5.75 Å². The normalized spacial score (nSPS) is 11.1. The number of amides is 1. The van der Waals surface area contributed by atoms with Gasteiger partial charge in [0.2, 0.25) is 5.95 Å². The highest BCUT2D eigenvalue weighted by Gasteiger charge is 2.22. The molecule has 0 aliphatic rings. The fourth-order valence-electron chi connectivity index (χ4n) is 4.46. The van der Waals surface area contributed by atoms with Crippen molar-refractivity contribution in [3.63, 3.8) is 0 Å². The van der Waals surface area contributed by atoms with E-state index in [4.69, 9.17) is 9.72 Å². The molecule has 0 saturated carbocycles. The van der Waals surface area contributed by atoms with Crippen molar-refractivity contribution < 1.29 is 9.53 Å². The van der Waals surface area contributed by atoms with E-state index in [1.807, 2.05) is 62.5 Å². The molecule has 0 fully saturated rings. The molecule has 0 unspecified atom stereocenters. The van der Waals surface area contributed by atoms with Crippen LogP contribution in [-0.4, -0.2) is 47.6 Å². The third kappa shape index (κ3) is 4.78. The topological polar surface area (TPSA) is 62.6 Å². The predicted molar refractivity (Wildman–Crippen MR) is 151 cm³/mol. The summed E-state index contributed by atoms with van der Waals surface area (Å²) in [5.41, 5.74) is 6.39. The minimum absolute atomic E-state index is 0.0235. The monoisotopic (exact) mass is 549 g/mol. The second kappa shape index (κ2) is 10.2.